The molecule has 0 aliphatic carbocycles. The standard InChI is InChI=1S/C10H14NO8S2/c1-17-8-6-10(9(18-2)5-7(8)11)20(12,13)4-3-19-21(14,15)16/h5-6,11H,3-4H2,1-2H3,(H,14,15,16). The average molecular weight is 340 g/mol. The van der Waals surface area contributed by atoms with Crippen molar-refractivity contribution in [3.63, 3.8) is 0 Å². The van der Waals surface area contributed by atoms with E-state index in [1.165, 1.54) is 14.2 Å². The van der Waals surface area contributed by atoms with Gasteiger partial charge in [0.15, 0.2) is 9.84 Å². The van der Waals surface area contributed by atoms with Crippen molar-refractivity contribution >= 4 is 25.9 Å². The summed E-state index contributed by atoms with van der Waals surface area (Å²) < 4.78 is 67.2. The summed E-state index contributed by atoms with van der Waals surface area (Å²) in [5, 5.41) is 0. The lowest BCUT2D eigenvalue weighted by Crippen LogP contribution is -2.16. The number of sulfone groups is 1. The fourth-order valence-electron chi connectivity index (χ4n) is 1.47. The summed E-state index contributed by atoms with van der Waals surface area (Å²) in [6.45, 7) is -0.755. The van der Waals surface area contributed by atoms with Gasteiger partial charge in [-0.25, -0.2) is 12.6 Å². The van der Waals surface area contributed by atoms with E-state index in [0.717, 1.165) is 12.1 Å². The van der Waals surface area contributed by atoms with Crippen LogP contribution in [0.1, 0.15) is 0 Å². The highest BCUT2D eigenvalue weighted by Gasteiger charge is 2.23. The van der Waals surface area contributed by atoms with Gasteiger partial charge >= 0.3 is 10.4 Å². The molecule has 11 heteroatoms. The lowest BCUT2D eigenvalue weighted by Gasteiger charge is -2.12. The lowest BCUT2D eigenvalue weighted by molar-refractivity contribution is 0.284. The van der Waals surface area contributed by atoms with Crippen LogP contribution in [0.2, 0.25) is 0 Å². The molecule has 0 aliphatic rings. The van der Waals surface area contributed by atoms with Gasteiger partial charge in [-0.1, -0.05) is 0 Å². The molecule has 1 aromatic rings. The molecule has 1 radical (unpaired) electrons. The number of hydrogen-bond donors (Lipinski definition) is 1. The molecular weight excluding hydrogens is 326 g/mol. The minimum absolute atomic E-state index is 0.0186. The second kappa shape index (κ2) is 6.47. The van der Waals surface area contributed by atoms with Crippen LogP contribution in [0.25, 0.3) is 0 Å². The maximum atomic E-state index is 12.1. The van der Waals surface area contributed by atoms with Crippen molar-refractivity contribution in [2.75, 3.05) is 26.6 Å². The highest BCUT2D eigenvalue weighted by Crippen LogP contribution is 2.34. The fourth-order valence-corrected chi connectivity index (χ4v) is 3.13. The summed E-state index contributed by atoms with van der Waals surface area (Å²) in [4.78, 5) is -0.267. The third-order valence-corrected chi connectivity index (χ3v) is 4.56. The third kappa shape index (κ3) is 4.74. The van der Waals surface area contributed by atoms with E-state index < -0.39 is 32.6 Å². The van der Waals surface area contributed by atoms with Gasteiger partial charge in [-0.2, -0.15) is 8.42 Å². The molecule has 0 aromatic heterocycles. The number of ether oxygens (including phenoxy) is 2. The number of benzene rings is 1. The molecule has 0 saturated heterocycles. The van der Waals surface area contributed by atoms with E-state index in [1.807, 2.05) is 0 Å². The van der Waals surface area contributed by atoms with Gasteiger partial charge < -0.3 is 9.47 Å². The fraction of sp³-hybridized carbons (Fsp3) is 0.400. The first-order valence-electron chi connectivity index (χ1n) is 5.43. The Bertz CT molecular complexity index is 711. The second-order valence-electron chi connectivity index (χ2n) is 3.77. The van der Waals surface area contributed by atoms with Crippen LogP contribution in [0.4, 0.5) is 5.69 Å². The van der Waals surface area contributed by atoms with E-state index >= 15 is 0 Å². The molecule has 0 saturated carbocycles. The van der Waals surface area contributed by atoms with Crippen LogP contribution in [0.15, 0.2) is 17.0 Å². The zero-order valence-corrected chi connectivity index (χ0v) is 12.8. The quantitative estimate of drug-likeness (QED) is 0.695. The lowest BCUT2D eigenvalue weighted by atomic mass is 10.3. The molecule has 0 unspecified atom stereocenters. The van der Waals surface area contributed by atoms with Crippen LogP contribution in [0, 0.1) is 0 Å². The van der Waals surface area contributed by atoms with E-state index in [9.17, 15) is 16.8 Å². The molecule has 21 heavy (non-hydrogen) atoms. The van der Waals surface area contributed by atoms with E-state index in [2.05, 4.69) is 4.18 Å². The summed E-state index contributed by atoms with van der Waals surface area (Å²) in [5.74, 6) is -0.762. The molecule has 0 spiro atoms. The van der Waals surface area contributed by atoms with Crippen molar-refractivity contribution < 1.29 is 35.0 Å². The number of rotatable bonds is 7. The number of hydrogen-bond acceptors (Lipinski definition) is 7. The van der Waals surface area contributed by atoms with E-state index in [0.29, 0.717) is 0 Å². The molecule has 0 fully saturated rings. The number of methoxy groups -OCH3 is 2. The summed E-state index contributed by atoms with van der Waals surface area (Å²) >= 11 is 0. The smallest absolute Gasteiger partial charge is 0.397 e. The van der Waals surface area contributed by atoms with E-state index in [4.69, 9.17) is 19.8 Å². The van der Waals surface area contributed by atoms with Crippen molar-refractivity contribution in [2.45, 2.75) is 4.90 Å². The Balaban J connectivity index is 3.12. The van der Waals surface area contributed by atoms with Crippen LogP contribution in [-0.2, 0) is 24.4 Å². The Labute approximate surface area is 122 Å². The van der Waals surface area contributed by atoms with Crippen molar-refractivity contribution in [2.24, 2.45) is 0 Å². The van der Waals surface area contributed by atoms with E-state index in [-0.39, 0.29) is 22.1 Å². The van der Waals surface area contributed by atoms with Gasteiger partial charge in [-0.05, 0) is 0 Å². The summed E-state index contributed by atoms with van der Waals surface area (Å²) in [6.07, 6.45) is 0. The average Bonchev–Trinajstić information content (AvgIpc) is 2.36. The SMILES string of the molecule is COc1cc(S(=O)(=O)CCOS(=O)(=O)O)c(OC)cc1[NH]. The molecule has 9 nitrogen and oxygen atoms in total. The Morgan fingerprint density at radius 2 is 1.67 bits per heavy atom. The monoisotopic (exact) mass is 340 g/mol. The molecule has 119 valence electrons. The van der Waals surface area contributed by atoms with Crippen molar-refractivity contribution in [1.29, 1.82) is 0 Å². The molecule has 0 amide bonds. The van der Waals surface area contributed by atoms with Gasteiger partial charge in [-0.3, -0.25) is 10.3 Å². The summed E-state index contributed by atoms with van der Waals surface area (Å²) in [5.41, 5.74) is 7.53. The molecule has 0 heterocycles. The van der Waals surface area contributed by atoms with Crippen molar-refractivity contribution in [3.8, 4) is 11.5 Å². The number of nitrogens with one attached hydrogen (secondary N) is 1. The topological polar surface area (TPSA) is 140 Å². The molecule has 1 rings (SSSR count). The zero-order valence-electron chi connectivity index (χ0n) is 11.2. The molecule has 2 N–H and O–H groups in total. The second-order valence-corrected chi connectivity index (χ2v) is 6.94. The zero-order chi connectivity index (χ0) is 16.3. The first-order valence-corrected chi connectivity index (χ1v) is 8.44. The highest BCUT2D eigenvalue weighted by atomic mass is 32.3. The van der Waals surface area contributed by atoms with Gasteiger partial charge in [0.1, 0.15) is 16.4 Å². The first-order chi connectivity index (χ1) is 9.60. The van der Waals surface area contributed by atoms with E-state index in [1.54, 1.807) is 0 Å². The van der Waals surface area contributed by atoms with Crippen LogP contribution in [0.3, 0.4) is 0 Å². The molecule has 0 aliphatic heterocycles. The van der Waals surface area contributed by atoms with Gasteiger partial charge in [0, 0.05) is 12.1 Å². The third-order valence-electron chi connectivity index (χ3n) is 2.41. The molecule has 1 aromatic carbocycles. The summed E-state index contributed by atoms with van der Waals surface area (Å²) in [7, 11) is -6.17. The van der Waals surface area contributed by atoms with Crippen LogP contribution in [-0.4, -0.2) is 48.0 Å². The van der Waals surface area contributed by atoms with Gasteiger partial charge in [0.05, 0.1) is 32.3 Å². The molecule has 0 atom stereocenters. The Morgan fingerprint density at radius 3 is 2.14 bits per heavy atom. The van der Waals surface area contributed by atoms with Crippen molar-refractivity contribution in [1.82, 2.24) is 5.73 Å². The molecule has 0 bridgehead atoms. The van der Waals surface area contributed by atoms with Crippen LogP contribution in [0.5, 0.6) is 11.5 Å². The van der Waals surface area contributed by atoms with Crippen LogP contribution < -0.4 is 15.2 Å². The predicted octanol–water partition coefficient (Wildman–Crippen LogP) is 0.211. The summed E-state index contributed by atoms with van der Waals surface area (Å²) in [6, 6.07) is 2.26. The van der Waals surface area contributed by atoms with Gasteiger partial charge in [0.2, 0.25) is 0 Å². The Hall–Kier alpha value is -1.56. The minimum atomic E-state index is -4.71. The normalized spacial score (nSPS) is 12.1. The van der Waals surface area contributed by atoms with Gasteiger partial charge in [0.25, 0.3) is 0 Å². The van der Waals surface area contributed by atoms with Crippen molar-refractivity contribution in [3.05, 3.63) is 12.1 Å². The Morgan fingerprint density at radius 1 is 1.10 bits per heavy atom. The maximum absolute atomic E-state index is 12.1. The maximum Gasteiger partial charge on any atom is 0.397 e. The minimum Gasteiger partial charge on any atom is -0.495 e. The van der Waals surface area contributed by atoms with Crippen LogP contribution >= 0.6 is 0 Å². The largest absolute Gasteiger partial charge is 0.495 e. The first kappa shape index (κ1) is 17.5. The Kier molecular flexibility index (Phi) is 5.39. The van der Waals surface area contributed by atoms with Gasteiger partial charge in [-0.15, -0.1) is 0 Å². The highest BCUT2D eigenvalue weighted by molar-refractivity contribution is 7.91. The molecular formula is C10H14NO8S2. The predicted molar refractivity (Wildman–Crippen MR) is 71.9 cm³/mol.